The molecule has 20 heavy (non-hydrogen) atoms. The molecule has 0 spiro atoms. The second kappa shape index (κ2) is 8.42. The summed E-state index contributed by atoms with van der Waals surface area (Å²) in [4.78, 5) is 16.7. The molecule has 120 valence electrons. The van der Waals surface area contributed by atoms with Gasteiger partial charge in [0, 0.05) is 19.1 Å². The molecule has 0 saturated carbocycles. The van der Waals surface area contributed by atoms with E-state index >= 15 is 0 Å². The number of rotatable bonds is 2. The fourth-order valence-corrected chi connectivity index (χ4v) is 3.13. The number of halogens is 2. The second-order valence-corrected chi connectivity index (χ2v) is 6.34. The Kier molecular flexibility index (Phi) is 8.41. The number of hydrogen-bond acceptors (Lipinski definition) is 3. The topological polar surface area (TPSA) is 49.6 Å². The molecule has 4 nitrogen and oxygen atoms in total. The van der Waals surface area contributed by atoms with Gasteiger partial charge in [-0.25, -0.2) is 0 Å². The van der Waals surface area contributed by atoms with Crippen LogP contribution in [-0.2, 0) is 4.79 Å². The van der Waals surface area contributed by atoms with E-state index in [0.29, 0.717) is 6.04 Å². The van der Waals surface area contributed by atoms with Crippen molar-refractivity contribution in [2.24, 2.45) is 5.73 Å². The Morgan fingerprint density at radius 1 is 1.00 bits per heavy atom. The minimum absolute atomic E-state index is 0. The van der Waals surface area contributed by atoms with Gasteiger partial charge in [0.05, 0.1) is 5.54 Å². The van der Waals surface area contributed by atoms with Crippen molar-refractivity contribution in [3.8, 4) is 0 Å². The van der Waals surface area contributed by atoms with E-state index in [0.717, 1.165) is 25.9 Å². The normalized spacial score (nSPS) is 21.9. The van der Waals surface area contributed by atoms with Gasteiger partial charge in [0.1, 0.15) is 0 Å². The van der Waals surface area contributed by atoms with Crippen LogP contribution in [0, 0.1) is 0 Å². The van der Waals surface area contributed by atoms with Crippen LogP contribution in [0.3, 0.4) is 0 Å². The van der Waals surface area contributed by atoms with Gasteiger partial charge in [-0.2, -0.15) is 0 Å². The van der Waals surface area contributed by atoms with Gasteiger partial charge in [-0.05, 0) is 52.6 Å². The summed E-state index contributed by atoms with van der Waals surface area (Å²) in [5.41, 5.74) is 5.16. The van der Waals surface area contributed by atoms with Crippen molar-refractivity contribution in [3.63, 3.8) is 0 Å². The molecule has 0 aromatic carbocycles. The van der Waals surface area contributed by atoms with Crippen LogP contribution in [0.5, 0.6) is 0 Å². The van der Waals surface area contributed by atoms with E-state index in [9.17, 15) is 4.79 Å². The fourth-order valence-electron chi connectivity index (χ4n) is 3.13. The highest BCUT2D eigenvalue weighted by Crippen LogP contribution is 2.21. The standard InChI is InChI=1S/C14H27N3O.2ClH/c1-14(2,15)13(18)17-10-6-12(7-11-17)16-8-4-3-5-9-16;;/h12H,3-11,15H2,1-2H3;2*1H. The summed E-state index contributed by atoms with van der Waals surface area (Å²) in [7, 11) is 0. The molecule has 0 aromatic heterocycles. The molecule has 2 rings (SSSR count). The predicted octanol–water partition coefficient (Wildman–Crippen LogP) is 2.04. The van der Waals surface area contributed by atoms with E-state index in [2.05, 4.69) is 4.90 Å². The first kappa shape index (κ1) is 20.0. The van der Waals surface area contributed by atoms with Gasteiger partial charge >= 0.3 is 0 Å². The molecule has 0 unspecified atom stereocenters. The van der Waals surface area contributed by atoms with Crippen LogP contribution in [0.15, 0.2) is 0 Å². The molecule has 2 saturated heterocycles. The molecule has 2 aliphatic rings. The average molecular weight is 326 g/mol. The Hall–Kier alpha value is -0.0300. The van der Waals surface area contributed by atoms with Gasteiger partial charge in [-0.3, -0.25) is 4.79 Å². The molecular weight excluding hydrogens is 297 g/mol. The van der Waals surface area contributed by atoms with Gasteiger partial charge < -0.3 is 15.5 Å². The molecule has 2 fully saturated rings. The maximum absolute atomic E-state index is 12.1. The first-order valence-corrected chi connectivity index (χ1v) is 7.31. The lowest BCUT2D eigenvalue weighted by Gasteiger charge is -2.41. The SMILES string of the molecule is CC(C)(N)C(=O)N1CCC(N2CCCCC2)CC1.Cl.Cl. The summed E-state index contributed by atoms with van der Waals surface area (Å²) in [6.45, 7) is 7.85. The van der Waals surface area contributed by atoms with Crippen LogP contribution < -0.4 is 5.73 Å². The Bertz CT molecular complexity index is 293. The van der Waals surface area contributed by atoms with Crippen molar-refractivity contribution in [2.45, 2.75) is 57.5 Å². The van der Waals surface area contributed by atoms with Crippen LogP contribution in [-0.4, -0.2) is 53.5 Å². The molecule has 0 aliphatic carbocycles. The molecule has 2 aliphatic heterocycles. The quantitative estimate of drug-likeness (QED) is 0.845. The minimum Gasteiger partial charge on any atom is -0.341 e. The lowest BCUT2D eigenvalue weighted by atomic mass is 9.97. The molecule has 2 N–H and O–H groups in total. The van der Waals surface area contributed by atoms with Crippen molar-refractivity contribution >= 4 is 30.7 Å². The summed E-state index contributed by atoms with van der Waals surface area (Å²) in [5.74, 6) is 0.0968. The van der Waals surface area contributed by atoms with Crippen LogP contribution in [0.2, 0.25) is 0 Å². The van der Waals surface area contributed by atoms with Crippen molar-refractivity contribution < 1.29 is 4.79 Å². The maximum atomic E-state index is 12.1. The van der Waals surface area contributed by atoms with Gasteiger partial charge in [0.15, 0.2) is 0 Å². The Balaban J connectivity index is 0.00000180. The first-order chi connectivity index (χ1) is 8.48. The summed E-state index contributed by atoms with van der Waals surface area (Å²) >= 11 is 0. The third-order valence-electron chi connectivity index (χ3n) is 4.21. The number of carbonyl (C=O) groups is 1. The van der Waals surface area contributed by atoms with Crippen molar-refractivity contribution in [3.05, 3.63) is 0 Å². The summed E-state index contributed by atoms with van der Waals surface area (Å²) in [5, 5.41) is 0. The van der Waals surface area contributed by atoms with Gasteiger partial charge in [0.2, 0.25) is 5.91 Å². The minimum atomic E-state index is -0.724. The lowest BCUT2D eigenvalue weighted by Crippen LogP contribution is -2.55. The van der Waals surface area contributed by atoms with E-state index in [1.54, 1.807) is 13.8 Å². The van der Waals surface area contributed by atoms with E-state index in [-0.39, 0.29) is 30.7 Å². The lowest BCUT2D eigenvalue weighted by molar-refractivity contribution is -0.137. The Morgan fingerprint density at radius 3 is 1.95 bits per heavy atom. The highest BCUT2D eigenvalue weighted by molar-refractivity contribution is 5.86. The molecule has 0 aromatic rings. The predicted molar refractivity (Wildman–Crippen MR) is 87.8 cm³/mol. The zero-order valence-electron chi connectivity index (χ0n) is 12.6. The van der Waals surface area contributed by atoms with E-state index < -0.39 is 5.54 Å². The summed E-state index contributed by atoms with van der Waals surface area (Å²) < 4.78 is 0. The number of nitrogens with two attached hydrogens (primary N) is 1. The zero-order valence-corrected chi connectivity index (χ0v) is 14.3. The summed E-state index contributed by atoms with van der Waals surface area (Å²) in [6, 6.07) is 0.690. The Labute approximate surface area is 135 Å². The fraction of sp³-hybridized carbons (Fsp3) is 0.929. The monoisotopic (exact) mass is 325 g/mol. The van der Waals surface area contributed by atoms with Crippen molar-refractivity contribution in [1.82, 2.24) is 9.80 Å². The van der Waals surface area contributed by atoms with Crippen LogP contribution in [0.25, 0.3) is 0 Å². The van der Waals surface area contributed by atoms with E-state index in [1.165, 1.54) is 32.4 Å². The molecular formula is C14H29Cl2N3O. The van der Waals surface area contributed by atoms with Crippen LogP contribution in [0.4, 0.5) is 0 Å². The van der Waals surface area contributed by atoms with Crippen LogP contribution in [0.1, 0.15) is 46.0 Å². The molecule has 0 radical (unpaired) electrons. The Morgan fingerprint density at radius 2 is 1.50 bits per heavy atom. The van der Waals surface area contributed by atoms with Crippen molar-refractivity contribution in [1.29, 1.82) is 0 Å². The average Bonchev–Trinajstić information content (AvgIpc) is 2.38. The van der Waals surface area contributed by atoms with E-state index in [4.69, 9.17) is 5.73 Å². The molecule has 2 heterocycles. The number of likely N-dealkylation sites (tertiary alicyclic amines) is 2. The van der Waals surface area contributed by atoms with Crippen LogP contribution >= 0.6 is 24.8 Å². The smallest absolute Gasteiger partial charge is 0.242 e. The van der Waals surface area contributed by atoms with E-state index in [1.807, 2.05) is 4.90 Å². The first-order valence-electron chi connectivity index (χ1n) is 7.31. The third kappa shape index (κ3) is 5.06. The van der Waals surface area contributed by atoms with Gasteiger partial charge in [0.25, 0.3) is 0 Å². The third-order valence-corrected chi connectivity index (χ3v) is 4.21. The molecule has 6 heteroatoms. The highest BCUT2D eigenvalue weighted by atomic mass is 35.5. The zero-order chi connectivity index (χ0) is 13.2. The number of amides is 1. The van der Waals surface area contributed by atoms with Crippen molar-refractivity contribution in [2.75, 3.05) is 26.2 Å². The molecule has 1 amide bonds. The number of carbonyl (C=O) groups excluding carboxylic acids is 1. The second-order valence-electron chi connectivity index (χ2n) is 6.34. The summed E-state index contributed by atoms with van der Waals surface area (Å²) in [6.07, 6.45) is 6.29. The largest absolute Gasteiger partial charge is 0.341 e. The molecule has 0 atom stereocenters. The number of hydrogen-bond donors (Lipinski definition) is 1. The maximum Gasteiger partial charge on any atom is 0.242 e. The molecule has 0 bridgehead atoms. The highest BCUT2D eigenvalue weighted by Gasteiger charge is 2.32. The number of piperidine rings is 2. The van der Waals surface area contributed by atoms with Gasteiger partial charge in [-0.15, -0.1) is 24.8 Å². The van der Waals surface area contributed by atoms with Gasteiger partial charge in [-0.1, -0.05) is 6.42 Å². The number of nitrogens with zero attached hydrogens (tertiary/aromatic N) is 2.